The van der Waals surface area contributed by atoms with Gasteiger partial charge in [-0.1, -0.05) is 18.7 Å². The van der Waals surface area contributed by atoms with Crippen molar-refractivity contribution in [1.29, 1.82) is 0 Å². The Morgan fingerprint density at radius 3 is 2.70 bits per heavy atom. The monoisotopic (exact) mass is 374 g/mol. The topological polar surface area (TPSA) is 102 Å². The van der Waals surface area contributed by atoms with E-state index in [1.165, 1.54) is 0 Å². The van der Waals surface area contributed by atoms with Crippen LogP contribution in [0, 0.1) is 11.8 Å². The van der Waals surface area contributed by atoms with Crippen LogP contribution >= 0.6 is 0 Å². The lowest BCUT2D eigenvalue weighted by Gasteiger charge is -2.33. The van der Waals surface area contributed by atoms with E-state index in [0.717, 1.165) is 0 Å². The number of aliphatic hydroxyl groups is 1. The Balaban J connectivity index is 1.74. The van der Waals surface area contributed by atoms with Crippen LogP contribution in [0.5, 0.6) is 0 Å². The summed E-state index contributed by atoms with van der Waals surface area (Å²) < 4.78 is 16.6. The molecule has 0 amide bonds. The molecular formula is C20H22O7. The highest BCUT2D eigenvalue weighted by Gasteiger charge is 2.60. The lowest BCUT2D eigenvalue weighted by Crippen LogP contribution is -2.44. The first-order valence-corrected chi connectivity index (χ1v) is 8.98. The highest BCUT2D eigenvalue weighted by molar-refractivity contribution is 5.92. The molecule has 0 unspecified atom stereocenters. The minimum absolute atomic E-state index is 0.114. The third kappa shape index (κ3) is 2.52. The summed E-state index contributed by atoms with van der Waals surface area (Å²) in [5.74, 6) is -2.40. The molecule has 7 atom stereocenters. The van der Waals surface area contributed by atoms with E-state index in [1.54, 1.807) is 32.9 Å². The van der Waals surface area contributed by atoms with Gasteiger partial charge in [-0.25, -0.2) is 9.59 Å². The first-order valence-electron chi connectivity index (χ1n) is 8.98. The maximum Gasteiger partial charge on any atom is 0.341 e. The number of hydrogen-bond acceptors (Lipinski definition) is 7. The molecule has 2 fully saturated rings. The van der Waals surface area contributed by atoms with Crippen LogP contribution in [0.4, 0.5) is 0 Å². The summed E-state index contributed by atoms with van der Waals surface area (Å²) in [6, 6.07) is 0. The Bertz CT molecular complexity index is 820. The zero-order valence-electron chi connectivity index (χ0n) is 15.4. The highest BCUT2D eigenvalue weighted by atomic mass is 16.7. The lowest BCUT2D eigenvalue weighted by molar-refractivity contribution is -0.159. The number of aldehydes is 1. The molecular weight excluding hydrogens is 352 g/mol. The SMILES string of the molecule is C=C1C(=O)O[C@H]2[C@H]1[C@H](OC(=O)[C@@]1(C)O[C@H]1C)CC(C=O)=C1C=C[C@@](C)(O)[C@H]12. The maximum absolute atomic E-state index is 12.6. The number of carbonyl (C=O) groups is 3. The molecule has 27 heavy (non-hydrogen) atoms. The van der Waals surface area contributed by atoms with Crippen molar-refractivity contribution in [3.8, 4) is 0 Å². The number of hydrogen-bond donors (Lipinski definition) is 1. The van der Waals surface area contributed by atoms with Crippen LogP contribution < -0.4 is 0 Å². The van der Waals surface area contributed by atoms with E-state index >= 15 is 0 Å². The number of fused-ring (bicyclic) bond motifs is 3. The van der Waals surface area contributed by atoms with Crippen LogP contribution in [-0.2, 0) is 28.6 Å². The molecule has 2 heterocycles. The van der Waals surface area contributed by atoms with Crippen LogP contribution in [0.15, 0.2) is 35.5 Å². The fraction of sp³-hybridized carbons (Fsp3) is 0.550. The van der Waals surface area contributed by atoms with Gasteiger partial charge in [-0.15, -0.1) is 0 Å². The van der Waals surface area contributed by atoms with E-state index in [4.69, 9.17) is 14.2 Å². The summed E-state index contributed by atoms with van der Waals surface area (Å²) in [4.78, 5) is 36.6. The van der Waals surface area contributed by atoms with Crippen LogP contribution in [0.2, 0.25) is 0 Å². The number of esters is 2. The molecule has 144 valence electrons. The van der Waals surface area contributed by atoms with E-state index in [-0.39, 0.29) is 18.1 Å². The minimum Gasteiger partial charge on any atom is -0.459 e. The van der Waals surface area contributed by atoms with Crippen molar-refractivity contribution in [2.45, 2.75) is 56.7 Å². The fourth-order valence-electron chi connectivity index (χ4n) is 4.41. The van der Waals surface area contributed by atoms with Gasteiger partial charge in [0.05, 0.1) is 23.5 Å². The van der Waals surface area contributed by atoms with Crippen molar-refractivity contribution in [2.75, 3.05) is 0 Å². The van der Waals surface area contributed by atoms with Gasteiger partial charge >= 0.3 is 11.9 Å². The molecule has 7 heteroatoms. The first kappa shape index (κ1) is 18.1. The van der Waals surface area contributed by atoms with Crippen molar-refractivity contribution >= 4 is 18.2 Å². The largest absolute Gasteiger partial charge is 0.459 e. The predicted molar refractivity (Wildman–Crippen MR) is 92.3 cm³/mol. The summed E-state index contributed by atoms with van der Waals surface area (Å²) in [6.07, 6.45) is 2.25. The quantitative estimate of drug-likeness (QED) is 0.340. The molecule has 2 saturated heterocycles. The van der Waals surface area contributed by atoms with Crippen molar-refractivity contribution in [3.63, 3.8) is 0 Å². The third-order valence-electron chi connectivity index (χ3n) is 6.29. The molecule has 0 spiro atoms. The van der Waals surface area contributed by atoms with Crippen molar-refractivity contribution in [2.24, 2.45) is 11.8 Å². The number of carbonyl (C=O) groups excluding carboxylic acids is 3. The average molecular weight is 374 g/mol. The van der Waals surface area contributed by atoms with Crippen molar-refractivity contribution < 1.29 is 33.7 Å². The predicted octanol–water partition coefficient (Wildman–Crippen LogP) is 1.01. The Kier molecular flexibility index (Phi) is 3.78. The standard InChI is InChI=1S/C20H22O7/c1-9-14-13(25-18(23)20(4)10(2)27-20)7-11(8-21)12-5-6-19(3,24)15(12)16(14)26-17(9)22/h5-6,8,10,13-16,24H,1,7H2,2-4H3/t10-,13+,14+,15+,16-,19+,20-/m0/s1. The summed E-state index contributed by atoms with van der Waals surface area (Å²) in [7, 11) is 0. The molecule has 4 aliphatic rings. The van der Waals surface area contributed by atoms with Gasteiger partial charge in [-0.2, -0.15) is 0 Å². The average Bonchev–Trinajstić information content (AvgIpc) is 3.00. The molecule has 4 rings (SSSR count). The second-order valence-electron chi connectivity index (χ2n) is 8.07. The molecule has 0 saturated carbocycles. The van der Waals surface area contributed by atoms with Gasteiger partial charge in [0.1, 0.15) is 18.5 Å². The molecule has 0 aromatic carbocycles. The van der Waals surface area contributed by atoms with E-state index < -0.39 is 47.2 Å². The summed E-state index contributed by atoms with van der Waals surface area (Å²) in [6.45, 7) is 8.83. The summed E-state index contributed by atoms with van der Waals surface area (Å²) >= 11 is 0. The zero-order chi connectivity index (χ0) is 19.7. The van der Waals surface area contributed by atoms with Gasteiger partial charge in [0.15, 0.2) is 5.60 Å². The Morgan fingerprint density at radius 2 is 2.11 bits per heavy atom. The van der Waals surface area contributed by atoms with Crippen LogP contribution in [-0.4, -0.2) is 52.8 Å². The highest BCUT2D eigenvalue weighted by Crippen LogP contribution is 2.50. The molecule has 0 aromatic rings. The van der Waals surface area contributed by atoms with Crippen LogP contribution in [0.3, 0.4) is 0 Å². The maximum atomic E-state index is 12.6. The molecule has 7 nitrogen and oxygen atoms in total. The molecule has 2 aliphatic carbocycles. The van der Waals surface area contributed by atoms with Gasteiger partial charge in [0.2, 0.25) is 0 Å². The smallest absolute Gasteiger partial charge is 0.341 e. The Morgan fingerprint density at radius 1 is 1.44 bits per heavy atom. The van der Waals surface area contributed by atoms with E-state index in [0.29, 0.717) is 17.4 Å². The van der Waals surface area contributed by atoms with Crippen molar-refractivity contribution in [3.05, 3.63) is 35.5 Å². The molecule has 2 aliphatic heterocycles. The second-order valence-corrected chi connectivity index (χ2v) is 8.07. The minimum atomic E-state index is -1.30. The number of ether oxygens (including phenoxy) is 3. The van der Waals surface area contributed by atoms with Gasteiger partial charge in [-0.3, -0.25) is 4.79 Å². The normalized spacial score (nSPS) is 45.1. The third-order valence-corrected chi connectivity index (χ3v) is 6.29. The first-order chi connectivity index (χ1) is 12.6. The van der Waals surface area contributed by atoms with Gasteiger partial charge in [0.25, 0.3) is 0 Å². The lowest BCUT2D eigenvalue weighted by atomic mass is 9.78. The van der Waals surface area contributed by atoms with Gasteiger partial charge in [-0.05, 0) is 31.9 Å². The second kappa shape index (κ2) is 5.62. The van der Waals surface area contributed by atoms with E-state index in [2.05, 4.69) is 6.58 Å². The Labute approximate surface area is 156 Å². The van der Waals surface area contributed by atoms with Gasteiger partial charge in [0, 0.05) is 12.0 Å². The number of epoxide rings is 1. The molecule has 0 aromatic heterocycles. The number of rotatable bonds is 3. The van der Waals surface area contributed by atoms with Crippen LogP contribution in [0.25, 0.3) is 0 Å². The Hall–Kier alpha value is -2.25. The summed E-state index contributed by atoms with van der Waals surface area (Å²) in [5.41, 5.74) is -1.12. The van der Waals surface area contributed by atoms with E-state index in [1.807, 2.05) is 0 Å². The van der Waals surface area contributed by atoms with E-state index in [9.17, 15) is 19.5 Å². The zero-order valence-corrected chi connectivity index (χ0v) is 15.4. The fourth-order valence-corrected chi connectivity index (χ4v) is 4.41. The van der Waals surface area contributed by atoms with Gasteiger partial charge < -0.3 is 19.3 Å². The molecule has 0 radical (unpaired) electrons. The van der Waals surface area contributed by atoms with Crippen LogP contribution in [0.1, 0.15) is 27.2 Å². The molecule has 0 bridgehead atoms. The molecule has 1 N–H and O–H groups in total. The number of allylic oxidation sites excluding steroid dienone is 1. The van der Waals surface area contributed by atoms with Crippen molar-refractivity contribution in [1.82, 2.24) is 0 Å². The summed E-state index contributed by atoms with van der Waals surface area (Å²) in [5, 5.41) is 10.8.